The fourth-order valence-corrected chi connectivity index (χ4v) is 3.83. The summed E-state index contributed by atoms with van der Waals surface area (Å²) in [6.07, 6.45) is 1.88. The van der Waals surface area contributed by atoms with Gasteiger partial charge in [0, 0.05) is 11.4 Å². The maximum atomic E-state index is 12.9. The number of benzene rings is 1. The van der Waals surface area contributed by atoms with Crippen LogP contribution in [0.1, 0.15) is 23.1 Å². The van der Waals surface area contributed by atoms with Gasteiger partial charge >= 0.3 is 10.1 Å². The average Bonchev–Trinajstić information content (AvgIpc) is 3.35. The molecule has 0 N–H and O–H groups in total. The van der Waals surface area contributed by atoms with Crippen molar-refractivity contribution < 1.29 is 21.8 Å². The van der Waals surface area contributed by atoms with Gasteiger partial charge in [-0.1, -0.05) is 18.2 Å². The van der Waals surface area contributed by atoms with Crippen LogP contribution in [0.5, 0.6) is 5.75 Å². The molecule has 0 unspecified atom stereocenters. The van der Waals surface area contributed by atoms with Crippen LogP contribution < -0.4 is 4.18 Å². The van der Waals surface area contributed by atoms with Gasteiger partial charge in [-0.3, -0.25) is 4.79 Å². The minimum Gasteiger partial charge on any atom is -0.467 e. The van der Waals surface area contributed by atoms with Gasteiger partial charge in [0.25, 0.3) is 0 Å². The number of hydrogen-bond acceptors (Lipinski definition) is 6. The third kappa shape index (κ3) is 5.71. The highest BCUT2D eigenvalue weighted by Gasteiger charge is 2.18. The van der Waals surface area contributed by atoms with E-state index in [4.69, 9.17) is 8.60 Å². The van der Waals surface area contributed by atoms with Crippen LogP contribution in [0.2, 0.25) is 0 Å². The lowest BCUT2D eigenvalue weighted by atomic mass is 10.2. The maximum absolute atomic E-state index is 12.9. The monoisotopic (exact) mass is 419 g/mol. The van der Waals surface area contributed by atoms with E-state index in [2.05, 4.69) is 0 Å². The number of carbonyl (C=O) groups excluding carboxylic acids is 1. The third-order valence-corrected chi connectivity index (χ3v) is 6.06. The van der Waals surface area contributed by atoms with Crippen LogP contribution in [0.25, 0.3) is 0 Å². The molecular weight excluding hydrogens is 398 g/mol. The molecule has 0 radical (unpaired) electrons. The number of hydrogen-bond donors (Lipinski definition) is 0. The molecule has 0 aliphatic heterocycles. The second-order valence-corrected chi connectivity index (χ2v) is 9.05. The zero-order valence-electron chi connectivity index (χ0n) is 15.4. The van der Waals surface area contributed by atoms with E-state index in [0.717, 1.165) is 10.4 Å². The summed E-state index contributed by atoms with van der Waals surface area (Å²) >= 11 is 1.54. The summed E-state index contributed by atoms with van der Waals surface area (Å²) in [6.45, 7) is 2.16. The number of thiophene rings is 1. The molecule has 0 saturated heterocycles. The lowest BCUT2D eigenvalue weighted by molar-refractivity contribution is -0.131. The van der Waals surface area contributed by atoms with Crippen LogP contribution in [0.15, 0.2) is 64.6 Å². The van der Waals surface area contributed by atoms with Gasteiger partial charge in [-0.15, -0.1) is 11.3 Å². The van der Waals surface area contributed by atoms with Crippen LogP contribution in [0.4, 0.5) is 0 Å². The lowest BCUT2D eigenvalue weighted by Crippen LogP contribution is -2.31. The van der Waals surface area contributed by atoms with E-state index in [1.165, 1.54) is 18.3 Å². The molecule has 0 saturated carbocycles. The molecule has 3 rings (SSSR count). The Kier molecular flexibility index (Phi) is 6.53. The molecule has 148 valence electrons. The normalized spacial score (nSPS) is 11.3. The first-order valence-electron chi connectivity index (χ1n) is 8.79. The van der Waals surface area contributed by atoms with E-state index in [-0.39, 0.29) is 17.4 Å². The quantitative estimate of drug-likeness (QED) is 0.493. The van der Waals surface area contributed by atoms with Crippen molar-refractivity contribution in [3.05, 3.63) is 76.4 Å². The number of rotatable bonds is 9. The highest BCUT2D eigenvalue weighted by molar-refractivity contribution is 7.87. The van der Waals surface area contributed by atoms with E-state index in [0.29, 0.717) is 25.3 Å². The molecule has 1 amide bonds. The van der Waals surface area contributed by atoms with E-state index < -0.39 is 10.1 Å². The molecular formula is C20H21NO5S2. The maximum Gasteiger partial charge on any atom is 0.308 e. The van der Waals surface area contributed by atoms with Crippen molar-refractivity contribution in [1.82, 2.24) is 4.90 Å². The standard InChI is InChI=1S/C20H21NO5S2/c1-2-28(23,24)26-17-7-3-6-16(12-17)14-21(15-18-8-4-10-25-18)20(22)13-19-9-5-11-27-19/h3-12H,2,13-15H2,1H3. The van der Waals surface area contributed by atoms with Crippen LogP contribution in [-0.2, 0) is 34.4 Å². The fourth-order valence-electron chi connectivity index (χ4n) is 2.62. The summed E-state index contributed by atoms with van der Waals surface area (Å²) in [7, 11) is -3.60. The van der Waals surface area contributed by atoms with E-state index in [1.54, 1.807) is 35.4 Å². The minimum absolute atomic E-state index is 0.0358. The van der Waals surface area contributed by atoms with Gasteiger partial charge in [0.2, 0.25) is 5.91 Å². The summed E-state index contributed by atoms with van der Waals surface area (Å²) in [4.78, 5) is 15.5. The Balaban J connectivity index is 1.77. The smallest absolute Gasteiger partial charge is 0.308 e. The van der Waals surface area contributed by atoms with Crippen molar-refractivity contribution in [2.45, 2.75) is 26.4 Å². The molecule has 0 spiro atoms. The molecule has 28 heavy (non-hydrogen) atoms. The highest BCUT2D eigenvalue weighted by atomic mass is 32.2. The molecule has 0 atom stereocenters. The van der Waals surface area contributed by atoms with Gasteiger partial charge in [-0.2, -0.15) is 8.42 Å². The molecule has 2 aromatic heterocycles. The Morgan fingerprint density at radius 1 is 1.14 bits per heavy atom. The van der Waals surface area contributed by atoms with Crippen molar-refractivity contribution in [3.63, 3.8) is 0 Å². The molecule has 3 aromatic rings. The number of amides is 1. The average molecular weight is 420 g/mol. The molecule has 0 fully saturated rings. The Hall–Kier alpha value is -2.58. The van der Waals surface area contributed by atoms with E-state index >= 15 is 0 Å². The Bertz CT molecular complexity index is 995. The topological polar surface area (TPSA) is 76.8 Å². The van der Waals surface area contributed by atoms with Crippen molar-refractivity contribution in [2.75, 3.05) is 5.75 Å². The van der Waals surface area contributed by atoms with Crippen molar-refractivity contribution in [2.24, 2.45) is 0 Å². The Morgan fingerprint density at radius 3 is 2.68 bits per heavy atom. The van der Waals surface area contributed by atoms with Gasteiger partial charge in [0.1, 0.15) is 11.5 Å². The summed E-state index contributed by atoms with van der Waals surface area (Å²) in [5.74, 6) is 0.774. The predicted molar refractivity (Wildman–Crippen MR) is 108 cm³/mol. The third-order valence-electron chi connectivity index (χ3n) is 4.03. The van der Waals surface area contributed by atoms with E-state index in [1.807, 2.05) is 29.6 Å². The summed E-state index contributed by atoms with van der Waals surface area (Å²) in [5.41, 5.74) is 0.773. The summed E-state index contributed by atoms with van der Waals surface area (Å²) in [6, 6.07) is 14.2. The SMILES string of the molecule is CCS(=O)(=O)Oc1cccc(CN(Cc2ccco2)C(=O)Cc2cccs2)c1. The van der Waals surface area contributed by atoms with E-state index in [9.17, 15) is 13.2 Å². The van der Waals surface area contributed by atoms with Gasteiger partial charge in [-0.25, -0.2) is 0 Å². The molecule has 0 bridgehead atoms. The number of nitrogens with zero attached hydrogens (tertiary/aromatic N) is 1. The van der Waals surface area contributed by atoms with Crippen LogP contribution >= 0.6 is 11.3 Å². The highest BCUT2D eigenvalue weighted by Crippen LogP contribution is 2.20. The largest absolute Gasteiger partial charge is 0.467 e. The first-order valence-corrected chi connectivity index (χ1v) is 11.2. The first-order chi connectivity index (χ1) is 13.4. The van der Waals surface area contributed by atoms with Crippen LogP contribution in [-0.4, -0.2) is 25.0 Å². The molecule has 0 aliphatic carbocycles. The predicted octanol–water partition coefficient (Wildman–Crippen LogP) is 3.84. The second kappa shape index (κ2) is 9.07. The minimum atomic E-state index is -3.60. The van der Waals surface area contributed by atoms with Gasteiger partial charge in [0.05, 0.1) is 25.0 Å². The van der Waals surface area contributed by atoms with Crippen LogP contribution in [0, 0.1) is 0 Å². The molecule has 0 aliphatic rings. The Labute approximate surface area is 168 Å². The van der Waals surface area contributed by atoms with Gasteiger partial charge in [0.15, 0.2) is 0 Å². The van der Waals surface area contributed by atoms with Crippen molar-refractivity contribution >= 4 is 27.4 Å². The molecule has 8 heteroatoms. The lowest BCUT2D eigenvalue weighted by Gasteiger charge is -2.22. The number of furan rings is 1. The first kappa shape index (κ1) is 20.2. The Morgan fingerprint density at radius 2 is 2.00 bits per heavy atom. The molecule has 1 aromatic carbocycles. The number of carbonyl (C=O) groups is 1. The summed E-state index contributed by atoms with van der Waals surface area (Å²) in [5, 5.41) is 1.94. The zero-order valence-corrected chi connectivity index (χ0v) is 17.0. The molecule has 2 heterocycles. The molecule has 6 nitrogen and oxygen atoms in total. The van der Waals surface area contributed by atoms with Crippen molar-refractivity contribution in [1.29, 1.82) is 0 Å². The van der Waals surface area contributed by atoms with Crippen LogP contribution in [0.3, 0.4) is 0 Å². The van der Waals surface area contributed by atoms with Gasteiger partial charge < -0.3 is 13.5 Å². The van der Waals surface area contributed by atoms with Crippen molar-refractivity contribution in [3.8, 4) is 5.75 Å². The second-order valence-electron chi connectivity index (χ2n) is 6.16. The zero-order chi connectivity index (χ0) is 20.0. The summed E-state index contributed by atoms with van der Waals surface area (Å²) < 4.78 is 33.9. The van der Waals surface area contributed by atoms with Gasteiger partial charge in [-0.05, 0) is 48.2 Å². The fraction of sp³-hybridized carbons (Fsp3) is 0.250.